The smallest absolute Gasteiger partial charge is 0.268 e. The van der Waals surface area contributed by atoms with Crippen LogP contribution in [0.15, 0.2) is 41.2 Å². The van der Waals surface area contributed by atoms with E-state index >= 15 is 0 Å². The Morgan fingerprint density at radius 3 is 2.40 bits per heavy atom. The van der Waals surface area contributed by atoms with Crippen LogP contribution in [0, 0.1) is 22.7 Å². The molecular weight excluding hydrogens is 427 g/mol. The minimum absolute atomic E-state index is 0.00215. The molecule has 2 aromatic carbocycles. The molecule has 0 saturated carbocycles. The largest absolute Gasteiger partial charge is 0.493 e. The first-order chi connectivity index (χ1) is 14.4. The van der Waals surface area contributed by atoms with Gasteiger partial charge in [-0.15, -0.1) is 0 Å². The van der Waals surface area contributed by atoms with Gasteiger partial charge in [0.15, 0.2) is 11.5 Å². The molecule has 0 radical (unpaired) electrons. The Kier molecular flexibility index (Phi) is 6.17. The van der Waals surface area contributed by atoms with Crippen molar-refractivity contribution in [1.82, 2.24) is 4.98 Å². The number of nitrogens with two attached hydrogens (primary N) is 1. The monoisotopic (exact) mass is 440 g/mol. The number of aromatic nitrogens is 1. The maximum Gasteiger partial charge on any atom is 0.268 e. The molecule has 3 rings (SSSR count). The third-order valence-electron chi connectivity index (χ3n) is 4.30. The van der Waals surface area contributed by atoms with Crippen LogP contribution in [0.1, 0.15) is 16.7 Å². The summed E-state index contributed by atoms with van der Waals surface area (Å²) in [6.45, 7) is 0.206. The van der Waals surface area contributed by atoms with Crippen LogP contribution in [0.5, 0.6) is 11.5 Å². The number of anilines is 1. The summed E-state index contributed by atoms with van der Waals surface area (Å²) in [5.41, 5.74) is 6.22. The van der Waals surface area contributed by atoms with Gasteiger partial charge in [-0.3, -0.25) is 4.79 Å². The molecule has 3 aromatic rings. The molecule has 0 aliphatic carbocycles. The standard InChI is InChI=1S/C21H14Cl2N4O3/c1-29-18-7-12(19-13(8-24)20(26)27-21(28)14(19)9-25)3-5-17(18)30-10-11-2-4-15(22)16(23)6-11/h2-7H,10H2,1H3,(H3,26,27,28). The normalized spacial score (nSPS) is 10.2. The van der Waals surface area contributed by atoms with Crippen molar-refractivity contribution >= 4 is 29.0 Å². The van der Waals surface area contributed by atoms with E-state index in [-0.39, 0.29) is 29.1 Å². The molecule has 0 fully saturated rings. The Morgan fingerprint density at radius 2 is 1.77 bits per heavy atom. The minimum atomic E-state index is -0.678. The predicted octanol–water partition coefficient (Wildman–Crippen LogP) is 4.26. The van der Waals surface area contributed by atoms with Crippen molar-refractivity contribution in [2.75, 3.05) is 12.8 Å². The fourth-order valence-corrected chi connectivity index (χ4v) is 3.19. The molecule has 0 unspecified atom stereocenters. The first-order valence-corrected chi connectivity index (χ1v) is 9.26. The van der Waals surface area contributed by atoms with E-state index in [2.05, 4.69) is 4.98 Å². The molecule has 7 nitrogen and oxygen atoms in total. The first kappa shape index (κ1) is 21.1. The molecule has 1 heterocycles. The van der Waals surface area contributed by atoms with Crippen LogP contribution in [0.25, 0.3) is 11.1 Å². The van der Waals surface area contributed by atoms with E-state index in [4.69, 9.17) is 38.4 Å². The first-order valence-electron chi connectivity index (χ1n) is 8.50. The van der Waals surface area contributed by atoms with Gasteiger partial charge in [-0.05, 0) is 35.4 Å². The summed E-state index contributed by atoms with van der Waals surface area (Å²) in [5, 5.41) is 19.7. The van der Waals surface area contributed by atoms with Gasteiger partial charge in [-0.25, -0.2) is 0 Å². The fraction of sp³-hybridized carbons (Fsp3) is 0.0952. The number of hydrogen-bond acceptors (Lipinski definition) is 6. The number of pyridine rings is 1. The average Bonchev–Trinajstić information content (AvgIpc) is 2.74. The lowest BCUT2D eigenvalue weighted by Gasteiger charge is -2.14. The van der Waals surface area contributed by atoms with Crippen molar-refractivity contribution in [3.05, 3.63) is 73.5 Å². The van der Waals surface area contributed by atoms with Gasteiger partial charge in [-0.1, -0.05) is 35.3 Å². The summed E-state index contributed by atoms with van der Waals surface area (Å²) in [4.78, 5) is 14.4. The second-order valence-corrected chi connectivity index (χ2v) is 6.93. The molecule has 0 aliphatic heterocycles. The van der Waals surface area contributed by atoms with Gasteiger partial charge in [0.1, 0.15) is 35.7 Å². The highest BCUT2D eigenvalue weighted by atomic mass is 35.5. The molecule has 0 spiro atoms. The Bertz CT molecular complexity index is 1270. The van der Waals surface area contributed by atoms with E-state index in [0.29, 0.717) is 27.1 Å². The van der Waals surface area contributed by atoms with Crippen molar-refractivity contribution in [2.45, 2.75) is 6.61 Å². The summed E-state index contributed by atoms with van der Waals surface area (Å²) >= 11 is 11.9. The summed E-state index contributed by atoms with van der Waals surface area (Å²) in [7, 11) is 1.45. The Labute approximate surface area is 181 Å². The number of ether oxygens (including phenoxy) is 2. The zero-order valence-electron chi connectivity index (χ0n) is 15.6. The Balaban J connectivity index is 2.01. The number of H-pyrrole nitrogens is 1. The van der Waals surface area contributed by atoms with E-state index in [0.717, 1.165) is 5.56 Å². The molecule has 0 amide bonds. The lowest BCUT2D eigenvalue weighted by molar-refractivity contribution is 0.284. The molecule has 0 saturated heterocycles. The van der Waals surface area contributed by atoms with Gasteiger partial charge >= 0.3 is 0 Å². The number of aromatic amines is 1. The summed E-state index contributed by atoms with van der Waals surface area (Å²) in [6.07, 6.45) is 0. The number of rotatable bonds is 5. The van der Waals surface area contributed by atoms with Crippen molar-refractivity contribution in [3.8, 4) is 34.8 Å². The van der Waals surface area contributed by atoms with E-state index in [1.54, 1.807) is 36.4 Å². The third-order valence-corrected chi connectivity index (χ3v) is 5.04. The fourth-order valence-electron chi connectivity index (χ4n) is 2.86. The molecule has 0 aliphatic rings. The number of nitrogens with zero attached hydrogens (tertiary/aromatic N) is 2. The number of nitrogen functional groups attached to an aromatic ring is 1. The van der Waals surface area contributed by atoms with Crippen LogP contribution in [0.2, 0.25) is 10.0 Å². The maximum absolute atomic E-state index is 12.1. The summed E-state index contributed by atoms with van der Waals surface area (Å²) in [6, 6.07) is 13.7. The minimum Gasteiger partial charge on any atom is -0.493 e. The van der Waals surface area contributed by atoms with Crippen LogP contribution in [-0.4, -0.2) is 12.1 Å². The van der Waals surface area contributed by atoms with Gasteiger partial charge in [0.2, 0.25) is 0 Å². The number of benzene rings is 2. The summed E-state index contributed by atoms with van der Waals surface area (Å²) < 4.78 is 11.2. The van der Waals surface area contributed by atoms with Crippen LogP contribution in [-0.2, 0) is 6.61 Å². The lowest BCUT2D eigenvalue weighted by atomic mass is 9.96. The van der Waals surface area contributed by atoms with Gasteiger partial charge in [-0.2, -0.15) is 10.5 Å². The van der Waals surface area contributed by atoms with E-state index in [1.165, 1.54) is 7.11 Å². The number of halogens is 2. The highest BCUT2D eigenvalue weighted by Gasteiger charge is 2.19. The van der Waals surface area contributed by atoms with E-state index in [1.807, 2.05) is 12.1 Å². The third kappa shape index (κ3) is 4.04. The quantitative estimate of drug-likeness (QED) is 0.610. The van der Waals surface area contributed by atoms with Crippen molar-refractivity contribution in [1.29, 1.82) is 10.5 Å². The topological polar surface area (TPSA) is 125 Å². The van der Waals surface area contributed by atoms with E-state index in [9.17, 15) is 15.3 Å². The molecule has 0 bridgehead atoms. The molecule has 0 atom stereocenters. The van der Waals surface area contributed by atoms with Gasteiger partial charge < -0.3 is 20.2 Å². The van der Waals surface area contributed by atoms with E-state index < -0.39 is 5.56 Å². The van der Waals surface area contributed by atoms with Gasteiger partial charge in [0.25, 0.3) is 5.56 Å². The SMILES string of the molecule is COc1cc(-c2c(C#N)c(N)[nH]c(=O)c2C#N)ccc1OCc1ccc(Cl)c(Cl)c1. The average molecular weight is 441 g/mol. The van der Waals surface area contributed by atoms with Gasteiger partial charge in [0.05, 0.1) is 17.2 Å². The second-order valence-electron chi connectivity index (χ2n) is 6.12. The zero-order chi connectivity index (χ0) is 21.8. The highest BCUT2D eigenvalue weighted by molar-refractivity contribution is 6.42. The molecule has 3 N–H and O–H groups in total. The summed E-state index contributed by atoms with van der Waals surface area (Å²) in [5.74, 6) is 0.650. The molecule has 1 aromatic heterocycles. The number of nitriles is 2. The number of methoxy groups -OCH3 is 1. The van der Waals surface area contributed by atoms with Crippen LogP contribution in [0.3, 0.4) is 0 Å². The predicted molar refractivity (Wildman–Crippen MR) is 114 cm³/mol. The second kappa shape index (κ2) is 8.79. The molecular formula is C21H14Cl2N4O3. The van der Waals surface area contributed by atoms with Crippen molar-refractivity contribution in [2.24, 2.45) is 0 Å². The van der Waals surface area contributed by atoms with Crippen molar-refractivity contribution in [3.63, 3.8) is 0 Å². The Hall–Kier alpha value is -3.65. The Morgan fingerprint density at radius 1 is 1.03 bits per heavy atom. The number of hydrogen-bond donors (Lipinski definition) is 2. The van der Waals surface area contributed by atoms with Gasteiger partial charge in [0, 0.05) is 5.56 Å². The van der Waals surface area contributed by atoms with Crippen LogP contribution < -0.4 is 20.8 Å². The highest BCUT2D eigenvalue weighted by Crippen LogP contribution is 2.36. The lowest BCUT2D eigenvalue weighted by Crippen LogP contribution is -2.16. The molecule has 150 valence electrons. The van der Waals surface area contributed by atoms with Crippen LogP contribution in [0.4, 0.5) is 5.82 Å². The maximum atomic E-state index is 12.1. The molecule has 30 heavy (non-hydrogen) atoms. The zero-order valence-corrected chi connectivity index (χ0v) is 17.1. The number of nitrogens with one attached hydrogen (secondary N) is 1. The van der Waals surface area contributed by atoms with Crippen molar-refractivity contribution < 1.29 is 9.47 Å². The van der Waals surface area contributed by atoms with Crippen LogP contribution >= 0.6 is 23.2 Å². The molecule has 9 heteroatoms.